The molecule has 1 aromatic carbocycles. The highest BCUT2D eigenvalue weighted by Crippen LogP contribution is 2.24. The molecule has 0 heterocycles. The Morgan fingerprint density at radius 3 is 2.81 bits per heavy atom. The first kappa shape index (κ1) is 10.9. The second-order valence-electron chi connectivity index (χ2n) is 4.06. The van der Waals surface area contributed by atoms with Crippen LogP contribution in [0.5, 0.6) is 0 Å². The van der Waals surface area contributed by atoms with E-state index in [0.717, 1.165) is 19.3 Å². The highest BCUT2D eigenvalue weighted by atomic mass is 19.1. The van der Waals surface area contributed by atoms with Gasteiger partial charge in [-0.3, -0.25) is 0 Å². The maximum Gasteiger partial charge on any atom is 0.147 e. The molecule has 2 unspecified atom stereocenters. The maximum atomic E-state index is 13.5. The predicted molar refractivity (Wildman–Crippen MR) is 58.4 cm³/mol. The van der Waals surface area contributed by atoms with Crippen molar-refractivity contribution in [1.29, 1.82) is 5.26 Å². The molecule has 84 valence electrons. The van der Waals surface area contributed by atoms with Crippen molar-refractivity contribution in [2.75, 3.05) is 5.32 Å². The molecule has 0 amide bonds. The van der Waals surface area contributed by atoms with Gasteiger partial charge in [-0.15, -0.1) is 0 Å². The van der Waals surface area contributed by atoms with Crippen molar-refractivity contribution in [3.05, 3.63) is 29.6 Å². The summed E-state index contributed by atoms with van der Waals surface area (Å²) in [6.45, 7) is 0. The fourth-order valence-electron chi connectivity index (χ4n) is 2.01. The number of benzene rings is 1. The Labute approximate surface area is 93.5 Å². The van der Waals surface area contributed by atoms with Crippen molar-refractivity contribution in [3.8, 4) is 6.07 Å². The largest absolute Gasteiger partial charge is 0.391 e. The molecule has 1 saturated carbocycles. The minimum absolute atomic E-state index is 0.0811. The van der Waals surface area contributed by atoms with Crippen LogP contribution in [0.15, 0.2) is 18.2 Å². The van der Waals surface area contributed by atoms with Crippen molar-refractivity contribution in [3.63, 3.8) is 0 Å². The van der Waals surface area contributed by atoms with Crippen LogP contribution in [0.1, 0.15) is 24.8 Å². The zero-order chi connectivity index (χ0) is 11.5. The number of halogens is 1. The molecule has 2 atom stereocenters. The van der Waals surface area contributed by atoms with E-state index in [4.69, 9.17) is 5.26 Å². The summed E-state index contributed by atoms with van der Waals surface area (Å²) in [5.74, 6) is -0.446. The van der Waals surface area contributed by atoms with E-state index >= 15 is 0 Å². The summed E-state index contributed by atoms with van der Waals surface area (Å²) >= 11 is 0. The van der Waals surface area contributed by atoms with Gasteiger partial charge in [-0.2, -0.15) is 5.26 Å². The molecule has 0 aliphatic heterocycles. The van der Waals surface area contributed by atoms with Gasteiger partial charge in [-0.1, -0.05) is 0 Å². The average Bonchev–Trinajstić information content (AvgIpc) is 2.67. The molecule has 2 rings (SSSR count). The highest BCUT2D eigenvalue weighted by Gasteiger charge is 2.25. The fraction of sp³-hybridized carbons (Fsp3) is 0.417. The Morgan fingerprint density at radius 1 is 1.44 bits per heavy atom. The molecule has 0 radical (unpaired) electrons. The van der Waals surface area contributed by atoms with Gasteiger partial charge in [0.2, 0.25) is 0 Å². The van der Waals surface area contributed by atoms with Gasteiger partial charge >= 0.3 is 0 Å². The Hall–Kier alpha value is -1.60. The van der Waals surface area contributed by atoms with Gasteiger partial charge in [0.15, 0.2) is 0 Å². The smallest absolute Gasteiger partial charge is 0.147 e. The molecule has 16 heavy (non-hydrogen) atoms. The standard InChI is InChI=1S/C12H13FN2O/c13-9-6-8(7-14)4-5-10(9)15-11-2-1-3-12(11)16/h4-6,11-12,15-16H,1-3H2. The molecule has 1 aliphatic carbocycles. The lowest BCUT2D eigenvalue weighted by Gasteiger charge is -2.18. The van der Waals surface area contributed by atoms with Gasteiger partial charge < -0.3 is 10.4 Å². The number of aliphatic hydroxyl groups excluding tert-OH is 1. The minimum Gasteiger partial charge on any atom is -0.391 e. The molecule has 2 N–H and O–H groups in total. The molecule has 1 aromatic rings. The van der Waals surface area contributed by atoms with Crippen LogP contribution in [-0.4, -0.2) is 17.3 Å². The Kier molecular flexibility index (Phi) is 3.07. The number of hydrogen-bond acceptors (Lipinski definition) is 3. The van der Waals surface area contributed by atoms with Gasteiger partial charge in [0, 0.05) is 0 Å². The Bertz CT molecular complexity index is 428. The molecule has 1 fully saturated rings. The van der Waals surface area contributed by atoms with Crippen LogP contribution >= 0.6 is 0 Å². The summed E-state index contributed by atoms with van der Waals surface area (Å²) in [5.41, 5.74) is 0.653. The lowest BCUT2D eigenvalue weighted by molar-refractivity contribution is 0.171. The normalized spacial score (nSPS) is 24.1. The number of nitrogens with zero attached hydrogens (tertiary/aromatic N) is 1. The molecule has 3 nitrogen and oxygen atoms in total. The summed E-state index contributed by atoms with van der Waals surface area (Å²) in [4.78, 5) is 0. The second kappa shape index (κ2) is 4.50. The summed E-state index contributed by atoms with van der Waals surface area (Å²) in [6, 6.07) is 6.10. The van der Waals surface area contributed by atoms with Gasteiger partial charge in [-0.05, 0) is 37.5 Å². The lowest BCUT2D eigenvalue weighted by atomic mass is 10.1. The van der Waals surface area contributed by atoms with E-state index < -0.39 is 11.9 Å². The minimum atomic E-state index is -0.446. The number of rotatable bonds is 2. The summed E-state index contributed by atoms with van der Waals surface area (Å²) in [7, 11) is 0. The molecular weight excluding hydrogens is 207 g/mol. The molecule has 0 saturated heterocycles. The Morgan fingerprint density at radius 2 is 2.25 bits per heavy atom. The summed E-state index contributed by atoms with van der Waals surface area (Å²) in [6.07, 6.45) is 2.16. The van der Waals surface area contributed by atoms with Crippen LogP contribution in [-0.2, 0) is 0 Å². The molecule has 4 heteroatoms. The van der Waals surface area contributed by atoms with Gasteiger partial charge in [-0.25, -0.2) is 4.39 Å². The SMILES string of the molecule is N#Cc1ccc(NC2CCCC2O)c(F)c1. The van der Waals surface area contributed by atoms with E-state index in [1.807, 2.05) is 6.07 Å². The molecule has 0 bridgehead atoms. The van der Waals surface area contributed by atoms with E-state index in [9.17, 15) is 9.50 Å². The number of anilines is 1. The lowest BCUT2D eigenvalue weighted by Crippen LogP contribution is -2.28. The predicted octanol–water partition coefficient (Wildman–Crippen LogP) is 2.02. The molecular formula is C12H13FN2O. The van der Waals surface area contributed by atoms with E-state index in [1.165, 1.54) is 6.07 Å². The van der Waals surface area contributed by atoms with Crippen molar-refractivity contribution in [1.82, 2.24) is 0 Å². The van der Waals surface area contributed by atoms with E-state index in [0.29, 0.717) is 11.3 Å². The zero-order valence-corrected chi connectivity index (χ0v) is 8.78. The maximum absolute atomic E-state index is 13.5. The molecule has 1 aliphatic rings. The topological polar surface area (TPSA) is 56.0 Å². The third-order valence-corrected chi connectivity index (χ3v) is 2.92. The third-order valence-electron chi connectivity index (χ3n) is 2.92. The van der Waals surface area contributed by atoms with Crippen molar-refractivity contribution in [2.24, 2.45) is 0 Å². The summed E-state index contributed by atoms with van der Waals surface area (Å²) in [5, 5.41) is 21.2. The molecule has 0 aromatic heterocycles. The fourth-order valence-corrected chi connectivity index (χ4v) is 2.01. The first-order valence-corrected chi connectivity index (χ1v) is 5.35. The van der Waals surface area contributed by atoms with Crippen LogP contribution in [0.4, 0.5) is 10.1 Å². The monoisotopic (exact) mass is 220 g/mol. The van der Waals surface area contributed by atoms with E-state index in [2.05, 4.69) is 5.32 Å². The van der Waals surface area contributed by atoms with Crippen LogP contribution < -0.4 is 5.32 Å². The van der Waals surface area contributed by atoms with Gasteiger partial charge in [0.25, 0.3) is 0 Å². The zero-order valence-electron chi connectivity index (χ0n) is 8.78. The van der Waals surface area contributed by atoms with Gasteiger partial charge in [0.05, 0.1) is 29.5 Å². The third kappa shape index (κ3) is 2.15. The summed E-state index contributed by atoms with van der Waals surface area (Å²) < 4.78 is 13.5. The van der Waals surface area contributed by atoms with Crippen LogP contribution in [0.3, 0.4) is 0 Å². The van der Waals surface area contributed by atoms with Gasteiger partial charge in [0.1, 0.15) is 5.82 Å². The number of aliphatic hydroxyl groups is 1. The van der Waals surface area contributed by atoms with Crippen LogP contribution in [0.2, 0.25) is 0 Å². The molecule has 0 spiro atoms. The van der Waals surface area contributed by atoms with E-state index in [1.54, 1.807) is 12.1 Å². The number of nitrogens with one attached hydrogen (secondary N) is 1. The second-order valence-corrected chi connectivity index (χ2v) is 4.06. The van der Waals surface area contributed by atoms with Crippen molar-refractivity contribution >= 4 is 5.69 Å². The van der Waals surface area contributed by atoms with Crippen LogP contribution in [0.25, 0.3) is 0 Å². The van der Waals surface area contributed by atoms with Crippen molar-refractivity contribution < 1.29 is 9.50 Å². The average molecular weight is 220 g/mol. The van der Waals surface area contributed by atoms with Crippen LogP contribution in [0, 0.1) is 17.1 Å². The van der Waals surface area contributed by atoms with Crippen molar-refractivity contribution in [2.45, 2.75) is 31.4 Å². The quantitative estimate of drug-likeness (QED) is 0.801. The van der Waals surface area contributed by atoms with E-state index in [-0.39, 0.29) is 6.04 Å². The number of hydrogen-bond donors (Lipinski definition) is 2. The first-order valence-electron chi connectivity index (χ1n) is 5.35. The first-order chi connectivity index (χ1) is 7.70. The highest BCUT2D eigenvalue weighted by molar-refractivity contribution is 5.49. The number of nitriles is 1. The Balaban J connectivity index is 2.13.